The maximum Gasteiger partial charge on any atom is 0.248 e. The van der Waals surface area contributed by atoms with Gasteiger partial charge in [-0.15, -0.1) is 0 Å². The van der Waals surface area contributed by atoms with E-state index in [-0.39, 0.29) is 31.6 Å². The minimum Gasteiger partial charge on any atom is -0.360 e. The van der Waals surface area contributed by atoms with Gasteiger partial charge in [0.1, 0.15) is 24.2 Å². The van der Waals surface area contributed by atoms with Crippen molar-refractivity contribution in [3.05, 3.63) is 60.3 Å². The van der Waals surface area contributed by atoms with Gasteiger partial charge < -0.3 is 9.64 Å². The van der Waals surface area contributed by atoms with Crippen molar-refractivity contribution in [3.8, 4) is 11.1 Å². The molecule has 2 saturated heterocycles. The molecule has 0 radical (unpaired) electrons. The summed E-state index contributed by atoms with van der Waals surface area (Å²) in [7, 11) is 0. The number of hydrogen-bond donors (Lipinski definition) is 0. The Morgan fingerprint density at radius 2 is 2.03 bits per heavy atom. The van der Waals surface area contributed by atoms with Gasteiger partial charge in [-0.1, -0.05) is 18.2 Å². The molecule has 3 aliphatic rings. The molecule has 0 N–H and O–H groups in total. The van der Waals surface area contributed by atoms with Crippen molar-refractivity contribution in [2.45, 2.75) is 43.6 Å². The third-order valence-electron chi connectivity index (χ3n) is 7.30. The molecule has 2 atom stereocenters. The number of benzene rings is 1. The number of likely N-dealkylation sites (tertiary alicyclic amines) is 1. The van der Waals surface area contributed by atoms with Crippen molar-refractivity contribution in [1.29, 1.82) is 0 Å². The quantitative estimate of drug-likeness (QED) is 0.589. The van der Waals surface area contributed by atoms with Gasteiger partial charge in [0.05, 0.1) is 17.8 Å². The molecule has 1 aliphatic carbocycles. The standard InChI is InChI=1S/C26H26F2N4O2/c27-21-10-19(18-4-3-17-2-1-8-29-22(17)11-18)12-30-23(21)13-31-9-7-26(24(28)14-31)16-32(20-5-6-20)25(33)15-34-26/h1-4,8,10-12,20,24H,5-7,9,13-16H2/t24-,26+/m0/s1. The molecular weight excluding hydrogens is 438 g/mol. The average Bonchev–Trinajstić information content (AvgIpc) is 3.69. The minimum absolute atomic E-state index is 0.0451. The number of carbonyl (C=O) groups excluding carboxylic acids is 1. The van der Waals surface area contributed by atoms with Crippen LogP contribution in [0.15, 0.2) is 48.8 Å². The number of aromatic nitrogens is 2. The van der Waals surface area contributed by atoms with Crippen molar-refractivity contribution in [2.75, 3.05) is 26.2 Å². The Labute approximate surface area is 196 Å². The molecule has 1 saturated carbocycles. The summed E-state index contributed by atoms with van der Waals surface area (Å²) in [6.45, 7) is 1.18. The normalized spacial score (nSPS) is 25.9. The molecule has 176 valence electrons. The zero-order valence-electron chi connectivity index (χ0n) is 18.8. The summed E-state index contributed by atoms with van der Waals surface area (Å²) >= 11 is 0. The Morgan fingerprint density at radius 1 is 1.15 bits per heavy atom. The summed E-state index contributed by atoms with van der Waals surface area (Å²) in [6.07, 6.45) is 4.58. The number of pyridine rings is 2. The van der Waals surface area contributed by atoms with Gasteiger partial charge in [0, 0.05) is 49.0 Å². The smallest absolute Gasteiger partial charge is 0.248 e. The highest BCUT2D eigenvalue weighted by Crippen LogP contribution is 2.38. The van der Waals surface area contributed by atoms with E-state index in [4.69, 9.17) is 4.74 Å². The molecule has 1 aromatic carbocycles. The number of rotatable bonds is 4. The summed E-state index contributed by atoms with van der Waals surface area (Å²) in [4.78, 5) is 24.6. The third kappa shape index (κ3) is 3.95. The van der Waals surface area contributed by atoms with Crippen molar-refractivity contribution in [2.24, 2.45) is 0 Å². The molecule has 6 nitrogen and oxygen atoms in total. The second kappa shape index (κ2) is 8.36. The van der Waals surface area contributed by atoms with E-state index in [9.17, 15) is 9.18 Å². The van der Waals surface area contributed by atoms with E-state index >= 15 is 4.39 Å². The molecular formula is C26H26F2N4O2. The van der Waals surface area contributed by atoms with Crippen LogP contribution in [-0.2, 0) is 16.1 Å². The average molecular weight is 465 g/mol. The predicted molar refractivity (Wildman–Crippen MR) is 123 cm³/mol. The number of ether oxygens (including phenoxy) is 1. The molecule has 34 heavy (non-hydrogen) atoms. The van der Waals surface area contributed by atoms with E-state index in [2.05, 4.69) is 9.97 Å². The number of nitrogens with zero attached hydrogens (tertiary/aromatic N) is 4. The molecule has 2 aromatic heterocycles. The fraction of sp³-hybridized carbons (Fsp3) is 0.423. The van der Waals surface area contributed by atoms with Gasteiger partial charge in [-0.3, -0.25) is 19.7 Å². The number of fused-ring (bicyclic) bond motifs is 1. The first-order valence-electron chi connectivity index (χ1n) is 11.8. The lowest BCUT2D eigenvalue weighted by molar-refractivity contribution is -0.189. The van der Waals surface area contributed by atoms with Crippen LogP contribution >= 0.6 is 0 Å². The fourth-order valence-electron chi connectivity index (χ4n) is 5.10. The second-order valence-electron chi connectivity index (χ2n) is 9.62. The molecule has 8 heteroatoms. The van der Waals surface area contributed by atoms with E-state index in [1.807, 2.05) is 35.2 Å². The number of alkyl halides is 1. The molecule has 1 spiro atoms. The van der Waals surface area contributed by atoms with Crippen molar-refractivity contribution >= 4 is 16.8 Å². The third-order valence-corrected chi connectivity index (χ3v) is 7.30. The highest BCUT2D eigenvalue weighted by atomic mass is 19.1. The van der Waals surface area contributed by atoms with Crippen LogP contribution in [0.1, 0.15) is 25.0 Å². The van der Waals surface area contributed by atoms with Crippen LogP contribution < -0.4 is 0 Å². The highest BCUT2D eigenvalue weighted by Gasteiger charge is 2.51. The summed E-state index contributed by atoms with van der Waals surface area (Å²) < 4.78 is 36.1. The van der Waals surface area contributed by atoms with Crippen molar-refractivity contribution < 1.29 is 18.3 Å². The van der Waals surface area contributed by atoms with Gasteiger partial charge >= 0.3 is 0 Å². The molecule has 6 rings (SSSR count). The number of halogens is 2. The molecule has 0 unspecified atom stereocenters. The maximum absolute atomic E-state index is 15.4. The van der Waals surface area contributed by atoms with Crippen LogP contribution in [0.5, 0.6) is 0 Å². The second-order valence-corrected chi connectivity index (χ2v) is 9.62. The summed E-state index contributed by atoms with van der Waals surface area (Å²) in [5.41, 5.74) is 1.71. The maximum atomic E-state index is 15.4. The zero-order valence-corrected chi connectivity index (χ0v) is 18.8. The molecule has 1 amide bonds. The van der Waals surface area contributed by atoms with E-state index < -0.39 is 17.6 Å². The predicted octanol–water partition coefficient (Wildman–Crippen LogP) is 3.74. The number of hydrogen-bond acceptors (Lipinski definition) is 5. The number of piperidine rings is 1. The van der Waals surface area contributed by atoms with Crippen LogP contribution in [0.3, 0.4) is 0 Å². The lowest BCUT2D eigenvalue weighted by atomic mass is 9.87. The van der Waals surface area contributed by atoms with Crippen LogP contribution in [0.4, 0.5) is 8.78 Å². The summed E-state index contributed by atoms with van der Waals surface area (Å²) in [5.74, 6) is -0.454. The Bertz CT molecular complexity index is 1250. The van der Waals surface area contributed by atoms with Gasteiger partial charge in [0.15, 0.2) is 0 Å². The Morgan fingerprint density at radius 3 is 2.82 bits per heavy atom. The largest absolute Gasteiger partial charge is 0.360 e. The van der Waals surface area contributed by atoms with Crippen molar-refractivity contribution in [1.82, 2.24) is 19.8 Å². The number of amides is 1. The highest BCUT2D eigenvalue weighted by molar-refractivity contribution is 5.84. The van der Waals surface area contributed by atoms with Gasteiger partial charge in [0.2, 0.25) is 5.91 Å². The van der Waals surface area contributed by atoms with E-state index in [1.54, 1.807) is 17.3 Å². The zero-order chi connectivity index (χ0) is 23.3. The molecule has 2 aliphatic heterocycles. The van der Waals surface area contributed by atoms with Gasteiger partial charge in [-0.25, -0.2) is 8.78 Å². The van der Waals surface area contributed by atoms with Gasteiger partial charge in [-0.2, -0.15) is 0 Å². The molecule has 4 heterocycles. The van der Waals surface area contributed by atoms with Gasteiger partial charge in [-0.05, 0) is 43.0 Å². The minimum atomic E-state index is -1.25. The monoisotopic (exact) mass is 464 g/mol. The van der Waals surface area contributed by atoms with Crippen LogP contribution in [0, 0.1) is 5.82 Å². The summed E-state index contributed by atoms with van der Waals surface area (Å²) in [5, 5.41) is 1.02. The molecule has 0 bridgehead atoms. The van der Waals surface area contributed by atoms with E-state index in [0.29, 0.717) is 30.8 Å². The Kier molecular flexibility index (Phi) is 5.30. The molecule has 3 fully saturated rings. The first-order chi connectivity index (χ1) is 16.5. The lowest BCUT2D eigenvalue weighted by Crippen LogP contribution is -2.64. The Balaban J connectivity index is 1.14. The first-order valence-corrected chi connectivity index (χ1v) is 11.8. The first kappa shape index (κ1) is 21.6. The van der Waals surface area contributed by atoms with Crippen LogP contribution in [0.25, 0.3) is 22.0 Å². The van der Waals surface area contributed by atoms with Crippen molar-refractivity contribution in [3.63, 3.8) is 0 Å². The SMILES string of the molecule is O=C1CO[C@]2(CCN(Cc3ncc(-c4ccc5cccnc5c4)cc3F)C[C@@H]2F)CN1C1CC1. The number of morpholine rings is 1. The fourth-order valence-corrected chi connectivity index (χ4v) is 5.10. The summed E-state index contributed by atoms with van der Waals surface area (Å²) in [6, 6.07) is 11.4. The van der Waals surface area contributed by atoms with Crippen LogP contribution in [0.2, 0.25) is 0 Å². The number of carbonyl (C=O) groups is 1. The van der Waals surface area contributed by atoms with E-state index in [0.717, 1.165) is 29.3 Å². The van der Waals surface area contributed by atoms with Gasteiger partial charge in [0.25, 0.3) is 0 Å². The lowest BCUT2D eigenvalue weighted by Gasteiger charge is -2.48. The molecule has 3 aromatic rings. The van der Waals surface area contributed by atoms with Crippen LogP contribution in [-0.4, -0.2) is 69.7 Å². The topological polar surface area (TPSA) is 58.6 Å². The van der Waals surface area contributed by atoms with E-state index in [1.165, 1.54) is 6.07 Å². The Hall–Kier alpha value is -2.97.